The van der Waals surface area contributed by atoms with Gasteiger partial charge in [0.15, 0.2) is 9.76 Å². The van der Waals surface area contributed by atoms with Gasteiger partial charge in [-0.1, -0.05) is 25.1 Å². The first-order valence-corrected chi connectivity index (χ1v) is 4.12. The summed E-state index contributed by atoms with van der Waals surface area (Å²) in [5.74, 6) is 0. The second-order valence-electron chi connectivity index (χ2n) is 1.44. The van der Waals surface area contributed by atoms with E-state index in [0.717, 1.165) is 6.42 Å². The third kappa shape index (κ3) is 5.92. The second-order valence-corrected chi connectivity index (χ2v) is 2.28. The maximum atomic E-state index is 8.34. The van der Waals surface area contributed by atoms with Gasteiger partial charge in [-0.05, 0) is 6.42 Å². The minimum Gasteiger partial charge on any atom is -0.434 e. The molecule has 7 heavy (non-hydrogen) atoms. The Labute approximate surface area is 47.0 Å². The lowest BCUT2D eigenvalue weighted by Crippen LogP contribution is -1.76. The summed E-state index contributed by atoms with van der Waals surface area (Å²) in [6.07, 6.45) is 4.35. The molecule has 0 bridgehead atoms. The molecule has 0 aliphatic carbocycles. The Kier molecular flexibility index (Phi) is 5.85. The van der Waals surface area contributed by atoms with E-state index in [1.54, 1.807) is 0 Å². The van der Waals surface area contributed by atoms with E-state index in [4.69, 9.17) is 4.80 Å². The quantitative estimate of drug-likeness (QED) is 0.528. The molecule has 0 aliphatic rings. The van der Waals surface area contributed by atoms with Crippen LogP contribution in [-0.4, -0.2) is 14.6 Å². The summed E-state index contributed by atoms with van der Waals surface area (Å²) in [6.45, 7) is 2.13. The van der Waals surface area contributed by atoms with Gasteiger partial charge in [-0.15, -0.1) is 0 Å². The van der Waals surface area contributed by atoms with Crippen LogP contribution in [0.4, 0.5) is 0 Å². The molecule has 0 heterocycles. The second kappa shape index (κ2) is 5.92. The fourth-order valence-corrected chi connectivity index (χ4v) is 0.744. The number of hydrogen-bond donors (Lipinski definition) is 1. The first-order chi connectivity index (χ1) is 3.41. The molecule has 1 N–H and O–H groups in total. The van der Waals surface area contributed by atoms with Crippen molar-refractivity contribution in [3.63, 3.8) is 0 Å². The van der Waals surface area contributed by atoms with Gasteiger partial charge in [0.05, 0.1) is 0 Å². The van der Waals surface area contributed by atoms with Crippen LogP contribution in [0.2, 0.25) is 0 Å². The van der Waals surface area contributed by atoms with E-state index in [2.05, 4.69) is 6.92 Å². The van der Waals surface area contributed by atoms with E-state index in [1.165, 1.54) is 6.42 Å². The molecule has 0 amide bonds. The van der Waals surface area contributed by atoms with Crippen molar-refractivity contribution >= 4 is 9.76 Å². The number of rotatable bonds is 3. The summed E-state index contributed by atoms with van der Waals surface area (Å²) < 4.78 is 0. The summed E-state index contributed by atoms with van der Waals surface area (Å²) in [5, 5.41) is 0. The van der Waals surface area contributed by atoms with Gasteiger partial charge in [-0.25, -0.2) is 0 Å². The van der Waals surface area contributed by atoms with Gasteiger partial charge in [-0.2, -0.15) is 0 Å². The zero-order chi connectivity index (χ0) is 5.54. The number of hydrogen-bond acceptors (Lipinski definition) is 1. The summed E-state index contributed by atoms with van der Waals surface area (Å²) in [7, 11) is -0.787. The van der Waals surface area contributed by atoms with E-state index >= 15 is 0 Å². The first-order valence-electron chi connectivity index (χ1n) is 2.67. The summed E-state index contributed by atoms with van der Waals surface area (Å²) in [5.41, 5.74) is 1.91. The molecule has 0 unspecified atom stereocenters. The van der Waals surface area contributed by atoms with Crippen molar-refractivity contribution in [1.82, 2.24) is 0 Å². The highest BCUT2D eigenvalue weighted by Gasteiger charge is 1.69. The molecule has 0 saturated heterocycles. The van der Waals surface area contributed by atoms with Crippen LogP contribution >= 0.6 is 0 Å². The minimum absolute atomic E-state index is 0.787. The molecule has 42 valence electrons. The normalized spacial score (nSPS) is 12.3. The maximum Gasteiger partial charge on any atom is 0.180 e. The fraction of sp³-hybridized carbons (Fsp3) is 0.600. The Balaban J connectivity index is 2.78. The molecule has 0 fully saturated rings. The molecule has 0 aromatic rings. The zero-order valence-electron chi connectivity index (χ0n) is 4.72. The van der Waals surface area contributed by atoms with Crippen molar-refractivity contribution in [2.45, 2.75) is 19.8 Å². The molecular weight excluding hydrogens is 104 g/mol. The van der Waals surface area contributed by atoms with Gasteiger partial charge in [0.1, 0.15) is 0 Å². The lowest BCUT2D eigenvalue weighted by Gasteiger charge is -1.78. The minimum atomic E-state index is -0.787. The van der Waals surface area contributed by atoms with Crippen molar-refractivity contribution < 1.29 is 4.80 Å². The molecule has 0 spiro atoms. The Bertz CT molecular complexity index is 52.0. The highest BCUT2D eigenvalue weighted by Crippen LogP contribution is 1.85. The monoisotopic (exact) mass is 116 g/mol. The van der Waals surface area contributed by atoms with Crippen molar-refractivity contribution in [3.8, 4) is 0 Å². The molecule has 0 aromatic carbocycles. The average molecular weight is 116 g/mol. The molecule has 2 heteroatoms. The molecule has 0 radical (unpaired) electrons. The lowest BCUT2D eigenvalue weighted by atomic mass is 10.3. The van der Waals surface area contributed by atoms with Gasteiger partial charge in [0.25, 0.3) is 0 Å². The Morgan fingerprint density at radius 1 is 1.71 bits per heavy atom. The van der Waals surface area contributed by atoms with E-state index < -0.39 is 9.76 Å². The van der Waals surface area contributed by atoms with Gasteiger partial charge in [0, 0.05) is 0 Å². The van der Waals surface area contributed by atoms with Crippen LogP contribution in [-0.2, 0) is 0 Å². The van der Waals surface area contributed by atoms with Crippen molar-refractivity contribution in [3.05, 3.63) is 11.8 Å². The molecule has 0 saturated carbocycles. The van der Waals surface area contributed by atoms with Crippen LogP contribution in [0.1, 0.15) is 19.8 Å². The summed E-state index contributed by atoms with van der Waals surface area (Å²) >= 11 is 0. The molecule has 0 atom stereocenters. The highest BCUT2D eigenvalue weighted by molar-refractivity contribution is 6.32. The van der Waals surface area contributed by atoms with E-state index in [9.17, 15) is 0 Å². The van der Waals surface area contributed by atoms with Crippen LogP contribution in [0.25, 0.3) is 0 Å². The van der Waals surface area contributed by atoms with Crippen molar-refractivity contribution in [2.24, 2.45) is 0 Å². The Morgan fingerprint density at radius 2 is 2.43 bits per heavy atom. The molecular formula is C5H12OSi. The van der Waals surface area contributed by atoms with E-state index in [0.29, 0.717) is 0 Å². The van der Waals surface area contributed by atoms with Gasteiger partial charge >= 0.3 is 0 Å². The summed E-state index contributed by atoms with van der Waals surface area (Å²) in [4.78, 5) is 8.34. The van der Waals surface area contributed by atoms with Gasteiger partial charge < -0.3 is 4.80 Å². The zero-order valence-corrected chi connectivity index (χ0v) is 6.14. The van der Waals surface area contributed by atoms with E-state index in [1.807, 2.05) is 11.8 Å². The Morgan fingerprint density at radius 3 is 2.86 bits per heavy atom. The SMILES string of the molecule is CCCC=C[SiH2]O. The van der Waals surface area contributed by atoms with Crippen molar-refractivity contribution in [1.29, 1.82) is 0 Å². The topological polar surface area (TPSA) is 20.2 Å². The van der Waals surface area contributed by atoms with Crippen LogP contribution in [0.3, 0.4) is 0 Å². The number of allylic oxidation sites excluding steroid dienone is 1. The van der Waals surface area contributed by atoms with Crippen LogP contribution in [0, 0.1) is 0 Å². The maximum absolute atomic E-state index is 8.34. The van der Waals surface area contributed by atoms with Gasteiger partial charge in [0.2, 0.25) is 0 Å². The van der Waals surface area contributed by atoms with Crippen molar-refractivity contribution in [2.75, 3.05) is 0 Å². The predicted octanol–water partition coefficient (Wildman–Crippen LogP) is 0.376. The smallest absolute Gasteiger partial charge is 0.180 e. The molecule has 0 aliphatic heterocycles. The van der Waals surface area contributed by atoms with Crippen LogP contribution in [0.5, 0.6) is 0 Å². The first kappa shape index (κ1) is 6.92. The van der Waals surface area contributed by atoms with Gasteiger partial charge in [-0.3, -0.25) is 0 Å². The fourth-order valence-electron chi connectivity index (χ4n) is 0.359. The highest BCUT2D eigenvalue weighted by atomic mass is 28.2. The van der Waals surface area contributed by atoms with Crippen LogP contribution < -0.4 is 0 Å². The third-order valence-electron chi connectivity index (χ3n) is 0.727. The summed E-state index contributed by atoms with van der Waals surface area (Å²) in [6, 6.07) is 0. The van der Waals surface area contributed by atoms with Crippen LogP contribution in [0.15, 0.2) is 11.8 Å². The molecule has 0 aromatic heterocycles. The third-order valence-corrected chi connectivity index (χ3v) is 1.27. The molecule has 0 rings (SSSR count). The lowest BCUT2D eigenvalue weighted by molar-refractivity contribution is 0.614. The average Bonchev–Trinajstić information content (AvgIpc) is 1.69. The standard InChI is InChI=1S/C5H12OSi/c1-2-3-4-5-7-6/h4-6H,2-3,7H2,1H3. The Hall–Kier alpha value is -0.0831. The molecule has 1 nitrogen and oxygen atoms in total. The largest absolute Gasteiger partial charge is 0.434 e. The van der Waals surface area contributed by atoms with E-state index in [-0.39, 0.29) is 0 Å². The predicted molar refractivity (Wildman–Crippen MR) is 34.8 cm³/mol. The number of unbranched alkanes of at least 4 members (excludes halogenated alkanes) is 1.